The van der Waals surface area contributed by atoms with Gasteiger partial charge in [0.15, 0.2) is 18.7 Å². The lowest BCUT2D eigenvalue weighted by Crippen LogP contribution is -2.66. The average molecular weight is 867 g/mol. The molecule has 61 heavy (non-hydrogen) atoms. The minimum Gasteiger partial charge on any atom is -0.462 e. The van der Waals surface area contributed by atoms with E-state index in [0.717, 1.165) is 0 Å². The van der Waals surface area contributed by atoms with Crippen LogP contribution < -0.4 is 5.06 Å². The third kappa shape index (κ3) is 11.9. The van der Waals surface area contributed by atoms with Gasteiger partial charge in [-0.3, -0.25) is 14.4 Å². The summed E-state index contributed by atoms with van der Waals surface area (Å²) in [6.07, 6.45) is -6.30. The lowest BCUT2D eigenvalue weighted by Gasteiger charge is -2.50. The van der Waals surface area contributed by atoms with Crippen LogP contribution in [0.2, 0.25) is 0 Å². The van der Waals surface area contributed by atoms with Crippen molar-refractivity contribution in [3.63, 3.8) is 0 Å². The van der Waals surface area contributed by atoms with Gasteiger partial charge in [-0.1, -0.05) is 26.0 Å². The Hall–Kier alpha value is -3.21. The summed E-state index contributed by atoms with van der Waals surface area (Å²) in [6.45, 7) is 10.1. The number of esters is 2. The number of hydrogen-bond donors (Lipinski definition) is 4. The molecule has 19 heteroatoms. The predicted octanol–water partition coefficient (Wildman–Crippen LogP) is 1.23. The summed E-state index contributed by atoms with van der Waals surface area (Å²) in [5, 5.41) is 48.4. The van der Waals surface area contributed by atoms with E-state index in [4.69, 9.17) is 38.0 Å². The van der Waals surface area contributed by atoms with Crippen molar-refractivity contribution in [2.24, 2.45) is 11.8 Å². The summed E-state index contributed by atoms with van der Waals surface area (Å²) in [7, 11) is 4.83. The molecule has 1 aromatic heterocycles. The molecule has 19 nitrogen and oxygen atoms in total. The first-order valence-corrected chi connectivity index (χ1v) is 21.2. The fourth-order valence-corrected chi connectivity index (χ4v) is 8.94. The average Bonchev–Trinajstić information content (AvgIpc) is 3.20. The minimum atomic E-state index is -1.50. The summed E-state index contributed by atoms with van der Waals surface area (Å²) in [4.78, 5) is 54.6. The smallest absolute Gasteiger partial charge is 0.308 e. The zero-order valence-corrected chi connectivity index (χ0v) is 36.6. The molecular weight excluding hydrogens is 800 g/mol. The van der Waals surface area contributed by atoms with Gasteiger partial charge in [-0.15, -0.1) is 0 Å². The van der Waals surface area contributed by atoms with Crippen LogP contribution in [0, 0.1) is 11.8 Å². The standard InChI is InChI=1S/C42H66N4O15/c1-10-30(49)58-39-25(5)56-32(21-42(39,6)53)59-36-24(4)57-40(35(52)33(36)45(7)8)60-37-26(14-17-47)18-22(2)34(51)29-13-12-27(46(61-29)41-43-15-11-16-44-41)19-23(3)55-31(50)20-28(48)38(37)54-9/h11-13,15-17,22-29,32-40,48,51-53H,10,14,18-21H2,1-9H3/t22-,23-,24-,25+,26+,27+,28-,29-,32+,33-,34-,35-,36-,37+,38+,39+,40+,42-/m1/s1. The highest BCUT2D eigenvalue weighted by Crippen LogP contribution is 2.38. The van der Waals surface area contributed by atoms with Crippen molar-refractivity contribution in [3.05, 3.63) is 30.6 Å². The molecule has 0 aliphatic carbocycles. The van der Waals surface area contributed by atoms with Crippen LogP contribution in [0.4, 0.5) is 5.95 Å². The summed E-state index contributed by atoms with van der Waals surface area (Å²) < 4.78 is 42.6. The van der Waals surface area contributed by atoms with Gasteiger partial charge in [0.1, 0.15) is 42.4 Å². The monoisotopic (exact) mass is 866 g/mol. The summed E-state index contributed by atoms with van der Waals surface area (Å²) in [6, 6.07) is 0.407. The number of carbonyl (C=O) groups is 3. The third-order valence-electron chi connectivity index (χ3n) is 12.0. The van der Waals surface area contributed by atoms with Gasteiger partial charge in [0.25, 0.3) is 0 Å². The molecular formula is C42H66N4O15. The van der Waals surface area contributed by atoms with Gasteiger partial charge in [0.05, 0.1) is 49.0 Å². The van der Waals surface area contributed by atoms with Gasteiger partial charge >= 0.3 is 11.9 Å². The number of carbonyl (C=O) groups excluding carboxylic acids is 3. The second-order valence-electron chi connectivity index (χ2n) is 17.2. The van der Waals surface area contributed by atoms with Crippen molar-refractivity contribution in [2.75, 3.05) is 26.3 Å². The predicted molar refractivity (Wildman–Crippen MR) is 215 cm³/mol. The maximum absolute atomic E-state index is 13.4. The van der Waals surface area contributed by atoms with Crippen LogP contribution >= 0.6 is 0 Å². The van der Waals surface area contributed by atoms with Crippen LogP contribution in [0.15, 0.2) is 30.6 Å². The Bertz CT molecular complexity index is 1610. The molecule has 344 valence electrons. The number of anilines is 1. The van der Waals surface area contributed by atoms with Crippen LogP contribution in [0.3, 0.4) is 0 Å². The Morgan fingerprint density at radius 3 is 2.33 bits per heavy atom. The van der Waals surface area contributed by atoms with E-state index in [1.165, 1.54) is 12.2 Å². The molecule has 5 aliphatic heterocycles. The second-order valence-corrected chi connectivity index (χ2v) is 17.2. The van der Waals surface area contributed by atoms with Crippen molar-refractivity contribution < 1.29 is 72.8 Å². The van der Waals surface area contributed by atoms with Crippen LogP contribution in [0.25, 0.3) is 0 Å². The number of fused-ring (bicyclic) bond motifs is 12. The van der Waals surface area contributed by atoms with E-state index in [1.807, 2.05) is 6.08 Å². The lowest BCUT2D eigenvalue weighted by atomic mass is 9.81. The number of hydroxylamine groups is 1. The zero-order valence-electron chi connectivity index (χ0n) is 36.6. The molecule has 1 aromatic rings. The Labute approximate surface area is 357 Å². The normalized spacial score (nSPS) is 41.6. The number of methoxy groups -OCH3 is 1. The number of aliphatic hydroxyl groups is 4. The fraction of sp³-hybridized carbons (Fsp3) is 0.786. The van der Waals surface area contributed by atoms with Gasteiger partial charge in [0.2, 0.25) is 5.95 Å². The highest BCUT2D eigenvalue weighted by Gasteiger charge is 2.53. The van der Waals surface area contributed by atoms with Gasteiger partial charge in [-0.25, -0.2) is 15.0 Å². The van der Waals surface area contributed by atoms with E-state index >= 15 is 0 Å². The van der Waals surface area contributed by atoms with Gasteiger partial charge in [0, 0.05) is 45.2 Å². The number of ether oxygens (including phenoxy) is 7. The highest BCUT2D eigenvalue weighted by molar-refractivity contribution is 5.70. The molecule has 0 spiro atoms. The number of likely N-dealkylation sites (N-methyl/N-ethyl adjacent to an activating group) is 1. The van der Waals surface area contributed by atoms with Gasteiger partial charge in [-0.2, -0.15) is 0 Å². The van der Waals surface area contributed by atoms with E-state index in [0.29, 0.717) is 6.29 Å². The largest absolute Gasteiger partial charge is 0.462 e. The third-order valence-corrected chi connectivity index (χ3v) is 12.0. The van der Waals surface area contributed by atoms with Crippen LogP contribution in [-0.2, 0) is 52.4 Å². The number of aliphatic hydroxyl groups excluding tert-OH is 3. The highest BCUT2D eigenvalue weighted by atomic mass is 16.7. The fourth-order valence-electron chi connectivity index (χ4n) is 8.94. The second kappa shape index (κ2) is 21.4. The molecule has 0 aromatic carbocycles. The maximum Gasteiger partial charge on any atom is 0.308 e. The molecule has 0 unspecified atom stereocenters. The topological polar surface area (TPSA) is 238 Å². The van der Waals surface area contributed by atoms with Gasteiger partial charge in [-0.05, 0) is 66.1 Å². The van der Waals surface area contributed by atoms with E-state index in [9.17, 15) is 34.8 Å². The molecule has 0 radical (unpaired) electrons. The lowest BCUT2D eigenvalue weighted by molar-refractivity contribution is -0.344. The SMILES string of the molecule is CCC(=O)O[C@H]1[C@H](C)O[C@@H](O[C@H]2[C@H](N(C)C)[C@@H](O)[C@H](O[C@H]3[C@@H](CC=O)C[C@@H](C)[C@@H](O)[C@H]4C=C[C@@H](C[C@@H](C)OC(=O)C[C@@H](O)[C@@H]3OC)N(c3ncccn3)O4)O[C@@H]2C)C[C@@]1(C)O. The minimum absolute atomic E-state index is 0.0488. The first kappa shape index (κ1) is 48.8. The summed E-state index contributed by atoms with van der Waals surface area (Å²) in [5.74, 6) is -2.25. The summed E-state index contributed by atoms with van der Waals surface area (Å²) in [5.41, 5.74) is -1.50. The van der Waals surface area contributed by atoms with Crippen molar-refractivity contribution in [3.8, 4) is 0 Å². The molecule has 0 amide bonds. The Morgan fingerprint density at radius 2 is 1.70 bits per heavy atom. The molecule has 0 saturated carbocycles. The summed E-state index contributed by atoms with van der Waals surface area (Å²) >= 11 is 0. The Morgan fingerprint density at radius 1 is 1.00 bits per heavy atom. The first-order chi connectivity index (χ1) is 28.9. The van der Waals surface area contributed by atoms with E-state index in [2.05, 4.69) is 9.97 Å². The van der Waals surface area contributed by atoms with Crippen LogP contribution in [0.1, 0.15) is 80.1 Å². The van der Waals surface area contributed by atoms with Crippen LogP contribution in [-0.4, -0.2) is 172 Å². The van der Waals surface area contributed by atoms with Crippen LogP contribution in [0.5, 0.6) is 0 Å². The van der Waals surface area contributed by atoms with Gasteiger partial charge < -0.3 is 63.3 Å². The molecule has 4 N–H and O–H groups in total. The molecule has 3 fully saturated rings. The van der Waals surface area contributed by atoms with Crippen molar-refractivity contribution in [1.82, 2.24) is 14.9 Å². The Balaban J connectivity index is 1.42. The van der Waals surface area contributed by atoms with Crippen molar-refractivity contribution >= 4 is 24.2 Å². The van der Waals surface area contributed by atoms with Crippen molar-refractivity contribution in [1.29, 1.82) is 0 Å². The number of nitrogens with zero attached hydrogens (tertiary/aromatic N) is 4. The number of rotatable bonds is 11. The van der Waals surface area contributed by atoms with E-state index in [1.54, 1.807) is 85.1 Å². The maximum atomic E-state index is 13.4. The number of aromatic nitrogens is 2. The quantitative estimate of drug-likeness (QED) is 0.139. The molecule has 5 aliphatic rings. The number of aldehydes is 1. The van der Waals surface area contributed by atoms with E-state index < -0.39 is 128 Å². The molecule has 6 heterocycles. The zero-order chi connectivity index (χ0) is 44.8. The molecule has 2 bridgehead atoms. The van der Waals surface area contributed by atoms with E-state index in [-0.39, 0.29) is 38.1 Å². The number of hydrogen-bond acceptors (Lipinski definition) is 19. The molecule has 3 saturated heterocycles. The first-order valence-electron chi connectivity index (χ1n) is 21.2. The molecule has 18 atom stereocenters. The van der Waals surface area contributed by atoms with Crippen molar-refractivity contribution in [2.45, 2.75) is 177 Å². The Kier molecular flexibility index (Phi) is 17.2. The molecule has 6 rings (SSSR count).